The molecule has 1 aromatic carbocycles. The first-order chi connectivity index (χ1) is 8.22. The molecule has 0 radical (unpaired) electrons. The fourth-order valence-corrected chi connectivity index (χ4v) is 1.73. The smallest absolute Gasteiger partial charge is 0.178 e. The average Bonchev–Trinajstić information content (AvgIpc) is 2.72. The zero-order valence-corrected chi connectivity index (χ0v) is 9.24. The highest BCUT2D eigenvalue weighted by Crippen LogP contribution is 2.19. The van der Waals surface area contributed by atoms with Gasteiger partial charge in [0.15, 0.2) is 5.65 Å². The average molecular weight is 227 g/mol. The molecule has 4 heteroatoms. The van der Waals surface area contributed by atoms with Gasteiger partial charge in [-0.3, -0.25) is 0 Å². The zero-order chi connectivity index (χ0) is 11.8. The Balaban J connectivity index is 2.14. The maximum absolute atomic E-state index is 12.8. The second kappa shape index (κ2) is 3.66. The first-order valence-corrected chi connectivity index (χ1v) is 5.32. The maximum Gasteiger partial charge on any atom is 0.178 e. The highest BCUT2D eigenvalue weighted by molar-refractivity contribution is 5.75. The van der Waals surface area contributed by atoms with E-state index in [4.69, 9.17) is 0 Å². The molecule has 0 bridgehead atoms. The fraction of sp³-hybridized carbons (Fsp3) is 0.0769. The summed E-state index contributed by atoms with van der Waals surface area (Å²) in [5.74, 6) is 0.455. The van der Waals surface area contributed by atoms with Crippen LogP contribution < -0.4 is 0 Å². The second-order valence-electron chi connectivity index (χ2n) is 3.92. The number of nitrogens with one attached hydrogen (secondary N) is 1. The maximum atomic E-state index is 12.8. The summed E-state index contributed by atoms with van der Waals surface area (Å²) >= 11 is 0. The number of rotatable bonds is 1. The highest BCUT2D eigenvalue weighted by Gasteiger charge is 2.06. The van der Waals surface area contributed by atoms with Crippen molar-refractivity contribution in [3.8, 4) is 11.4 Å². The Labute approximate surface area is 97.3 Å². The van der Waals surface area contributed by atoms with Crippen molar-refractivity contribution < 1.29 is 4.39 Å². The Bertz CT molecular complexity index is 671. The topological polar surface area (TPSA) is 41.6 Å². The number of halogens is 1. The number of aryl methyl sites for hydroxylation is 1. The number of benzene rings is 1. The van der Waals surface area contributed by atoms with Crippen LogP contribution in [0.4, 0.5) is 4.39 Å². The summed E-state index contributed by atoms with van der Waals surface area (Å²) in [7, 11) is 0. The van der Waals surface area contributed by atoms with Gasteiger partial charge in [0.25, 0.3) is 0 Å². The van der Waals surface area contributed by atoms with E-state index in [9.17, 15) is 4.39 Å². The van der Waals surface area contributed by atoms with Gasteiger partial charge >= 0.3 is 0 Å². The third kappa shape index (κ3) is 1.78. The van der Waals surface area contributed by atoms with Gasteiger partial charge in [0.2, 0.25) is 0 Å². The van der Waals surface area contributed by atoms with E-state index in [1.54, 1.807) is 12.1 Å². The van der Waals surface area contributed by atoms with Gasteiger partial charge in [-0.2, -0.15) is 0 Å². The Morgan fingerprint density at radius 2 is 1.76 bits per heavy atom. The number of aromatic amines is 1. The first kappa shape index (κ1) is 9.96. The summed E-state index contributed by atoms with van der Waals surface area (Å²) in [6, 6.07) is 10.1. The Hall–Kier alpha value is -2.23. The normalized spacial score (nSPS) is 10.9. The van der Waals surface area contributed by atoms with Crippen molar-refractivity contribution in [2.75, 3.05) is 0 Å². The minimum absolute atomic E-state index is 0.251. The quantitative estimate of drug-likeness (QED) is 0.694. The third-order valence-corrected chi connectivity index (χ3v) is 2.60. The predicted molar refractivity (Wildman–Crippen MR) is 64.0 cm³/mol. The first-order valence-electron chi connectivity index (χ1n) is 5.32. The van der Waals surface area contributed by atoms with Crippen LogP contribution >= 0.6 is 0 Å². The molecule has 0 unspecified atom stereocenters. The highest BCUT2D eigenvalue weighted by atomic mass is 19.1. The Morgan fingerprint density at radius 1 is 1.00 bits per heavy atom. The lowest BCUT2D eigenvalue weighted by molar-refractivity contribution is 0.628. The van der Waals surface area contributed by atoms with E-state index in [-0.39, 0.29) is 5.82 Å². The van der Waals surface area contributed by atoms with Crippen LogP contribution in [0.25, 0.3) is 22.6 Å². The van der Waals surface area contributed by atoms with Crippen molar-refractivity contribution in [2.45, 2.75) is 6.92 Å². The summed E-state index contributed by atoms with van der Waals surface area (Å²) in [5.41, 5.74) is 3.34. The molecular weight excluding hydrogens is 217 g/mol. The molecule has 0 fully saturated rings. The molecule has 3 nitrogen and oxygen atoms in total. The lowest BCUT2D eigenvalue weighted by Gasteiger charge is -1.94. The van der Waals surface area contributed by atoms with Gasteiger partial charge in [-0.15, -0.1) is 0 Å². The molecule has 3 rings (SSSR count). The molecule has 17 heavy (non-hydrogen) atoms. The van der Waals surface area contributed by atoms with E-state index in [1.807, 2.05) is 19.1 Å². The summed E-state index contributed by atoms with van der Waals surface area (Å²) in [6.45, 7) is 1.92. The van der Waals surface area contributed by atoms with E-state index in [1.165, 1.54) is 12.1 Å². The van der Waals surface area contributed by atoms with Crippen LogP contribution in [0, 0.1) is 12.7 Å². The monoisotopic (exact) mass is 227 g/mol. The minimum atomic E-state index is -0.251. The standard InChI is InChI=1S/C13H10FN3/c1-8-2-7-11-13(15-8)17-12(16-11)9-3-5-10(14)6-4-9/h2-7H,1H3,(H,15,16,17). The second-order valence-corrected chi connectivity index (χ2v) is 3.92. The molecule has 0 atom stereocenters. The van der Waals surface area contributed by atoms with Gasteiger partial charge in [0.1, 0.15) is 11.6 Å². The number of H-pyrrole nitrogens is 1. The van der Waals surface area contributed by atoms with E-state index < -0.39 is 0 Å². The summed E-state index contributed by atoms with van der Waals surface area (Å²) in [6.07, 6.45) is 0. The molecule has 2 aromatic heterocycles. The summed E-state index contributed by atoms with van der Waals surface area (Å²) in [4.78, 5) is 11.9. The molecule has 1 N–H and O–H groups in total. The number of aromatic nitrogens is 3. The summed E-state index contributed by atoms with van der Waals surface area (Å²) in [5, 5.41) is 0. The van der Waals surface area contributed by atoms with Crippen LogP contribution in [-0.4, -0.2) is 15.0 Å². The van der Waals surface area contributed by atoms with Gasteiger partial charge in [-0.05, 0) is 43.3 Å². The Kier molecular flexibility index (Phi) is 2.14. The molecule has 0 aliphatic rings. The molecule has 0 aliphatic heterocycles. The van der Waals surface area contributed by atoms with Crippen molar-refractivity contribution in [1.82, 2.24) is 15.0 Å². The number of imidazole rings is 1. The van der Waals surface area contributed by atoms with Crippen molar-refractivity contribution >= 4 is 11.2 Å². The lowest BCUT2D eigenvalue weighted by Crippen LogP contribution is -1.81. The van der Waals surface area contributed by atoms with E-state index in [0.29, 0.717) is 11.5 Å². The molecule has 3 aromatic rings. The summed E-state index contributed by atoms with van der Waals surface area (Å²) < 4.78 is 12.8. The molecule has 0 aliphatic carbocycles. The number of hydrogen-bond acceptors (Lipinski definition) is 2. The van der Waals surface area contributed by atoms with Crippen LogP contribution in [-0.2, 0) is 0 Å². The fourth-order valence-electron chi connectivity index (χ4n) is 1.73. The van der Waals surface area contributed by atoms with Gasteiger partial charge in [0.05, 0.1) is 5.52 Å². The molecule has 0 saturated carbocycles. The number of fused-ring (bicyclic) bond motifs is 1. The van der Waals surface area contributed by atoms with Gasteiger partial charge in [-0.1, -0.05) is 0 Å². The minimum Gasteiger partial charge on any atom is -0.337 e. The van der Waals surface area contributed by atoms with Crippen LogP contribution in [0.15, 0.2) is 36.4 Å². The third-order valence-electron chi connectivity index (χ3n) is 2.60. The van der Waals surface area contributed by atoms with Crippen LogP contribution in [0.2, 0.25) is 0 Å². The van der Waals surface area contributed by atoms with E-state index in [2.05, 4.69) is 15.0 Å². The van der Waals surface area contributed by atoms with Gasteiger partial charge < -0.3 is 4.98 Å². The lowest BCUT2D eigenvalue weighted by atomic mass is 10.2. The van der Waals surface area contributed by atoms with Crippen LogP contribution in [0.5, 0.6) is 0 Å². The SMILES string of the molecule is Cc1ccc2[nH]c(-c3ccc(F)cc3)nc2n1. The molecule has 2 heterocycles. The van der Waals surface area contributed by atoms with E-state index in [0.717, 1.165) is 16.8 Å². The number of nitrogens with zero attached hydrogens (tertiary/aromatic N) is 2. The predicted octanol–water partition coefficient (Wildman–Crippen LogP) is 3.07. The van der Waals surface area contributed by atoms with Crippen molar-refractivity contribution in [3.63, 3.8) is 0 Å². The Morgan fingerprint density at radius 3 is 2.53 bits per heavy atom. The number of pyridine rings is 1. The van der Waals surface area contributed by atoms with Crippen molar-refractivity contribution in [2.24, 2.45) is 0 Å². The van der Waals surface area contributed by atoms with Crippen LogP contribution in [0.3, 0.4) is 0 Å². The molecule has 0 amide bonds. The molecular formula is C13H10FN3. The molecule has 84 valence electrons. The number of hydrogen-bond donors (Lipinski definition) is 1. The van der Waals surface area contributed by atoms with E-state index >= 15 is 0 Å². The van der Waals surface area contributed by atoms with Gasteiger partial charge in [0, 0.05) is 11.3 Å². The zero-order valence-electron chi connectivity index (χ0n) is 9.24. The van der Waals surface area contributed by atoms with Crippen molar-refractivity contribution in [3.05, 3.63) is 47.9 Å². The van der Waals surface area contributed by atoms with Crippen LogP contribution in [0.1, 0.15) is 5.69 Å². The van der Waals surface area contributed by atoms with Crippen molar-refractivity contribution in [1.29, 1.82) is 0 Å². The largest absolute Gasteiger partial charge is 0.337 e. The van der Waals surface area contributed by atoms with Gasteiger partial charge in [-0.25, -0.2) is 14.4 Å². The molecule has 0 spiro atoms. The molecule has 0 saturated heterocycles.